The first-order chi connectivity index (χ1) is 7.29. The summed E-state index contributed by atoms with van der Waals surface area (Å²) >= 11 is 0. The van der Waals surface area contributed by atoms with Gasteiger partial charge in [0.25, 0.3) is 0 Å². The molecule has 0 aromatic carbocycles. The minimum absolute atomic E-state index is 0.539. The van der Waals surface area contributed by atoms with Gasteiger partial charge in [-0.25, -0.2) is 4.79 Å². The summed E-state index contributed by atoms with van der Waals surface area (Å²) in [7, 11) is 0. The first-order valence-electron chi connectivity index (χ1n) is 5.95. The van der Waals surface area contributed by atoms with Gasteiger partial charge in [-0.2, -0.15) is 0 Å². The number of hydrogen-bond donors (Lipinski definition) is 2. The highest BCUT2D eigenvalue weighted by Gasteiger charge is 2.25. The summed E-state index contributed by atoms with van der Waals surface area (Å²) < 4.78 is 0. The lowest BCUT2D eigenvalue weighted by atomic mass is 9.80. The van der Waals surface area contributed by atoms with Crippen molar-refractivity contribution in [2.24, 2.45) is 5.92 Å². The molecule has 0 radical (unpaired) electrons. The molecule has 84 valence electrons. The van der Waals surface area contributed by atoms with E-state index in [9.17, 15) is 4.79 Å². The second-order valence-electron chi connectivity index (χ2n) is 4.57. The molecule has 3 nitrogen and oxygen atoms in total. The van der Waals surface area contributed by atoms with Crippen LogP contribution in [0.4, 0.5) is 0 Å². The maximum absolute atomic E-state index is 11.1. The molecule has 0 saturated heterocycles. The molecule has 15 heavy (non-hydrogen) atoms. The van der Waals surface area contributed by atoms with Crippen LogP contribution in [0, 0.1) is 5.92 Å². The van der Waals surface area contributed by atoms with Gasteiger partial charge in [0.05, 0.1) is 0 Å². The van der Waals surface area contributed by atoms with Crippen LogP contribution in [-0.2, 0) is 4.79 Å². The van der Waals surface area contributed by atoms with Crippen LogP contribution in [0.1, 0.15) is 38.5 Å². The van der Waals surface area contributed by atoms with Crippen molar-refractivity contribution in [3.63, 3.8) is 0 Å². The lowest BCUT2D eigenvalue weighted by Crippen LogP contribution is -2.31. The van der Waals surface area contributed by atoms with Crippen molar-refractivity contribution < 1.29 is 9.90 Å². The molecule has 0 amide bonds. The van der Waals surface area contributed by atoms with E-state index in [0.717, 1.165) is 13.1 Å². The molecular formula is C12H19NO2. The summed E-state index contributed by atoms with van der Waals surface area (Å²) in [6.07, 6.45) is 6.92. The van der Waals surface area contributed by atoms with Crippen LogP contribution < -0.4 is 5.32 Å². The molecule has 0 atom stereocenters. The largest absolute Gasteiger partial charge is 0.478 e. The topological polar surface area (TPSA) is 49.3 Å². The van der Waals surface area contributed by atoms with Crippen LogP contribution in [0.3, 0.4) is 0 Å². The Balaban J connectivity index is 2.17. The molecule has 0 aromatic rings. The van der Waals surface area contributed by atoms with Crippen LogP contribution in [0.2, 0.25) is 0 Å². The van der Waals surface area contributed by atoms with Crippen molar-refractivity contribution in [3.05, 3.63) is 11.1 Å². The molecule has 2 aliphatic rings. The van der Waals surface area contributed by atoms with E-state index < -0.39 is 5.97 Å². The fraction of sp³-hybridized carbons (Fsp3) is 0.750. The molecule has 3 heteroatoms. The van der Waals surface area contributed by atoms with Crippen LogP contribution in [0.5, 0.6) is 0 Å². The van der Waals surface area contributed by atoms with E-state index >= 15 is 0 Å². The van der Waals surface area contributed by atoms with Gasteiger partial charge < -0.3 is 10.4 Å². The summed E-state index contributed by atoms with van der Waals surface area (Å²) in [6, 6.07) is 0. The molecule has 0 spiro atoms. The molecule has 0 bridgehead atoms. The summed E-state index contributed by atoms with van der Waals surface area (Å²) in [4.78, 5) is 11.1. The van der Waals surface area contributed by atoms with Crippen LogP contribution >= 0.6 is 0 Å². The predicted octanol–water partition coefficient (Wildman–Crippen LogP) is 1.94. The van der Waals surface area contributed by atoms with E-state index in [2.05, 4.69) is 5.32 Å². The Bertz CT molecular complexity index is 277. The molecule has 1 aliphatic carbocycles. The zero-order valence-corrected chi connectivity index (χ0v) is 9.09. The average molecular weight is 209 g/mol. The Morgan fingerprint density at radius 1 is 1.27 bits per heavy atom. The van der Waals surface area contributed by atoms with Gasteiger partial charge in [-0.3, -0.25) is 0 Å². The number of carbonyl (C=O) groups is 1. The lowest BCUT2D eigenvalue weighted by Gasteiger charge is -2.29. The highest BCUT2D eigenvalue weighted by Crippen LogP contribution is 2.32. The molecule has 1 aliphatic heterocycles. The van der Waals surface area contributed by atoms with Gasteiger partial charge in [0.2, 0.25) is 0 Å². The molecule has 1 fully saturated rings. The lowest BCUT2D eigenvalue weighted by molar-refractivity contribution is -0.133. The second-order valence-corrected chi connectivity index (χ2v) is 4.57. The first kappa shape index (κ1) is 10.7. The number of carboxylic acid groups (broad SMARTS) is 1. The van der Waals surface area contributed by atoms with E-state index in [1.54, 1.807) is 0 Å². The minimum atomic E-state index is -0.697. The normalized spacial score (nSPS) is 24.3. The van der Waals surface area contributed by atoms with Crippen LogP contribution in [0.15, 0.2) is 11.1 Å². The zero-order valence-electron chi connectivity index (χ0n) is 9.09. The SMILES string of the molecule is O=C(O)C1=C(C2CCCCC2)CNCC1. The summed E-state index contributed by atoms with van der Waals surface area (Å²) in [5.74, 6) is -0.158. The molecule has 1 saturated carbocycles. The van der Waals surface area contributed by atoms with Gasteiger partial charge in [-0.1, -0.05) is 19.3 Å². The van der Waals surface area contributed by atoms with Crippen molar-refractivity contribution in [1.29, 1.82) is 0 Å². The third-order valence-corrected chi connectivity index (χ3v) is 3.61. The van der Waals surface area contributed by atoms with Crippen molar-refractivity contribution in [2.75, 3.05) is 13.1 Å². The smallest absolute Gasteiger partial charge is 0.331 e. The quantitative estimate of drug-likeness (QED) is 0.730. The highest BCUT2D eigenvalue weighted by molar-refractivity contribution is 5.88. The van der Waals surface area contributed by atoms with Gasteiger partial charge >= 0.3 is 5.97 Å². The molecular weight excluding hydrogens is 190 g/mol. The van der Waals surface area contributed by atoms with Crippen LogP contribution in [-0.4, -0.2) is 24.2 Å². The maximum atomic E-state index is 11.1. The molecule has 2 N–H and O–H groups in total. The summed E-state index contributed by atoms with van der Waals surface area (Å²) in [6.45, 7) is 1.62. The maximum Gasteiger partial charge on any atom is 0.331 e. The Labute approximate surface area is 90.6 Å². The molecule has 2 rings (SSSR count). The third kappa shape index (κ3) is 2.40. The standard InChI is InChI=1S/C12H19NO2/c14-12(15)10-6-7-13-8-11(10)9-4-2-1-3-5-9/h9,13H,1-8H2,(H,14,15). The van der Waals surface area contributed by atoms with E-state index in [1.807, 2.05) is 0 Å². The third-order valence-electron chi connectivity index (χ3n) is 3.61. The minimum Gasteiger partial charge on any atom is -0.478 e. The number of aliphatic carboxylic acids is 1. The van der Waals surface area contributed by atoms with E-state index in [-0.39, 0.29) is 0 Å². The fourth-order valence-electron chi connectivity index (χ4n) is 2.79. The zero-order chi connectivity index (χ0) is 10.7. The van der Waals surface area contributed by atoms with Crippen molar-refractivity contribution in [3.8, 4) is 0 Å². The Kier molecular flexibility index (Phi) is 3.41. The van der Waals surface area contributed by atoms with Gasteiger partial charge in [-0.15, -0.1) is 0 Å². The predicted molar refractivity (Wildman–Crippen MR) is 58.7 cm³/mol. The van der Waals surface area contributed by atoms with Gasteiger partial charge in [0.1, 0.15) is 0 Å². The molecule has 1 heterocycles. The van der Waals surface area contributed by atoms with Crippen molar-refractivity contribution in [2.45, 2.75) is 38.5 Å². The first-order valence-corrected chi connectivity index (χ1v) is 5.95. The Morgan fingerprint density at radius 3 is 2.67 bits per heavy atom. The van der Waals surface area contributed by atoms with Gasteiger partial charge in [0.15, 0.2) is 0 Å². The van der Waals surface area contributed by atoms with E-state index in [1.165, 1.54) is 37.7 Å². The Morgan fingerprint density at radius 2 is 2.00 bits per heavy atom. The van der Waals surface area contributed by atoms with Crippen molar-refractivity contribution >= 4 is 5.97 Å². The Hall–Kier alpha value is -0.830. The van der Waals surface area contributed by atoms with E-state index in [0.29, 0.717) is 17.9 Å². The fourth-order valence-corrected chi connectivity index (χ4v) is 2.79. The number of rotatable bonds is 2. The van der Waals surface area contributed by atoms with Gasteiger partial charge in [-0.05, 0) is 37.3 Å². The summed E-state index contributed by atoms with van der Waals surface area (Å²) in [5, 5.41) is 12.4. The highest BCUT2D eigenvalue weighted by atomic mass is 16.4. The van der Waals surface area contributed by atoms with Crippen molar-refractivity contribution in [1.82, 2.24) is 5.32 Å². The number of hydrogen-bond acceptors (Lipinski definition) is 2. The van der Waals surface area contributed by atoms with Gasteiger partial charge in [0, 0.05) is 12.1 Å². The monoisotopic (exact) mass is 209 g/mol. The van der Waals surface area contributed by atoms with Crippen LogP contribution in [0.25, 0.3) is 0 Å². The molecule has 0 unspecified atom stereocenters. The average Bonchev–Trinajstić information content (AvgIpc) is 2.30. The second kappa shape index (κ2) is 4.79. The number of nitrogens with one attached hydrogen (secondary N) is 1. The number of carboxylic acids is 1. The summed E-state index contributed by atoms with van der Waals surface area (Å²) in [5.41, 5.74) is 1.88. The molecule has 0 aromatic heterocycles. The van der Waals surface area contributed by atoms with E-state index in [4.69, 9.17) is 5.11 Å².